The number of phenols is 1. The zero-order valence-corrected chi connectivity index (χ0v) is 29.6. The molecule has 0 aromatic heterocycles. The number of anilines is 2. The molecule has 3 fully saturated rings. The molecule has 2 heterocycles. The fourth-order valence-electron chi connectivity index (χ4n) is 9.20. The van der Waals surface area contributed by atoms with Crippen LogP contribution in [0.4, 0.5) is 17.1 Å². The number of ether oxygens (including phenoxy) is 2. The van der Waals surface area contributed by atoms with Crippen molar-refractivity contribution in [1.29, 1.82) is 0 Å². The van der Waals surface area contributed by atoms with Crippen LogP contribution >= 0.6 is 0 Å². The number of carbonyl (C=O) groups is 4. The molecule has 13 heteroatoms. The van der Waals surface area contributed by atoms with E-state index in [1.165, 1.54) is 44.6 Å². The number of nitro groups is 1. The van der Waals surface area contributed by atoms with Crippen LogP contribution in [0.25, 0.3) is 0 Å². The summed E-state index contributed by atoms with van der Waals surface area (Å²) < 4.78 is 11.3. The molecule has 2 saturated heterocycles. The molecule has 2 N–H and O–H groups in total. The second-order valence-corrected chi connectivity index (χ2v) is 14.1. The number of nitro benzene ring substituents is 1. The Morgan fingerprint density at radius 1 is 0.870 bits per heavy atom. The first kappa shape index (κ1) is 34.6. The number of non-ortho nitro benzene ring substituents is 1. The molecule has 0 spiro atoms. The standard InChI is InChI=1S/C41H36N4O9/c1-22-9-11-24(12-10-22)42-44-38(48)31-21-30-28(17-18-29-34(30)39(49)43(37(29)47)25-13-15-26(16-14-25)45(51)52)36(35-32(46)19-27(53-2)20-33(35)54-3)41(31,40(44)50)23-7-5-4-6-8-23/h4-17,19-20,29-31,34,36,42,46H,18,21H2,1-3H3. The van der Waals surface area contributed by atoms with E-state index in [4.69, 9.17) is 9.47 Å². The average molecular weight is 729 g/mol. The minimum Gasteiger partial charge on any atom is -0.507 e. The molecule has 6 atom stereocenters. The van der Waals surface area contributed by atoms with Gasteiger partial charge in [0.25, 0.3) is 17.5 Å². The maximum atomic E-state index is 15.4. The molecular weight excluding hydrogens is 692 g/mol. The van der Waals surface area contributed by atoms with Gasteiger partial charge >= 0.3 is 0 Å². The van der Waals surface area contributed by atoms with Crippen molar-refractivity contribution in [3.05, 3.63) is 129 Å². The molecule has 4 amide bonds. The first-order chi connectivity index (χ1) is 26.0. The van der Waals surface area contributed by atoms with Gasteiger partial charge in [0, 0.05) is 35.7 Å². The van der Waals surface area contributed by atoms with Crippen LogP contribution in [0.2, 0.25) is 0 Å². The minimum absolute atomic E-state index is 0.0431. The van der Waals surface area contributed by atoms with E-state index in [-0.39, 0.29) is 41.3 Å². The fraction of sp³-hybridized carbons (Fsp3) is 0.268. The maximum absolute atomic E-state index is 15.4. The topological polar surface area (TPSA) is 169 Å². The molecule has 8 rings (SSSR count). The third-order valence-electron chi connectivity index (χ3n) is 11.5. The summed E-state index contributed by atoms with van der Waals surface area (Å²) in [6, 6.07) is 24.5. The lowest BCUT2D eigenvalue weighted by atomic mass is 9.49. The van der Waals surface area contributed by atoms with Crippen molar-refractivity contribution < 1.29 is 38.7 Å². The number of amides is 4. The molecule has 1 saturated carbocycles. The molecule has 13 nitrogen and oxygen atoms in total. The summed E-state index contributed by atoms with van der Waals surface area (Å²) in [7, 11) is 2.88. The van der Waals surface area contributed by atoms with Crippen LogP contribution in [0.3, 0.4) is 0 Å². The molecular formula is C41H36N4O9. The molecule has 54 heavy (non-hydrogen) atoms. The highest BCUT2D eigenvalue weighted by molar-refractivity contribution is 6.22. The van der Waals surface area contributed by atoms with Crippen molar-refractivity contribution in [3.63, 3.8) is 0 Å². The molecule has 274 valence electrons. The highest BCUT2D eigenvalue weighted by Gasteiger charge is 2.71. The van der Waals surface area contributed by atoms with Gasteiger partial charge in [0.05, 0.1) is 53.7 Å². The normalized spacial score (nSPS) is 25.8. The van der Waals surface area contributed by atoms with Crippen molar-refractivity contribution >= 4 is 40.7 Å². The third kappa shape index (κ3) is 4.98. The van der Waals surface area contributed by atoms with E-state index in [1.807, 2.05) is 31.2 Å². The van der Waals surface area contributed by atoms with Gasteiger partial charge in [-0.05, 0) is 55.5 Å². The predicted molar refractivity (Wildman–Crippen MR) is 196 cm³/mol. The van der Waals surface area contributed by atoms with Gasteiger partial charge in [-0.1, -0.05) is 59.7 Å². The second-order valence-electron chi connectivity index (χ2n) is 14.1. The van der Waals surface area contributed by atoms with Gasteiger partial charge in [-0.15, -0.1) is 0 Å². The van der Waals surface area contributed by atoms with Crippen molar-refractivity contribution in [3.8, 4) is 17.2 Å². The lowest BCUT2D eigenvalue weighted by Crippen LogP contribution is -2.53. The number of nitrogens with zero attached hydrogens (tertiary/aromatic N) is 3. The summed E-state index contributed by atoms with van der Waals surface area (Å²) in [5.74, 6) is -6.26. The predicted octanol–water partition coefficient (Wildman–Crippen LogP) is 5.82. The second kappa shape index (κ2) is 12.9. The van der Waals surface area contributed by atoms with E-state index >= 15 is 4.79 Å². The summed E-state index contributed by atoms with van der Waals surface area (Å²) in [5, 5.41) is 24.3. The first-order valence-corrected chi connectivity index (χ1v) is 17.6. The van der Waals surface area contributed by atoms with Crippen LogP contribution in [0.5, 0.6) is 17.2 Å². The van der Waals surface area contributed by atoms with Gasteiger partial charge in [-0.3, -0.25) is 39.6 Å². The Bertz CT molecular complexity index is 2260. The van der Waals surface area contributed by atoms with Gasteiger partial charge in [-0.2, -0.15) is 5.01 Å². The Morgan fingerprint density at radius 3 is 2.22 bits per heavy atom. The molecule has 0 radical (unpaired) electrons. The number of fused-ring (bicyclic) bond motifs is 4. The molecule has 2 aliphatic carbocycles. The van der Waals surface area contributed by atoms with Crippen LogP contribution in [0.1, 0.15) is 35.4 Å². The number of imide groups is 2. The number of methoxy groups -OCH3 is 2. The number of hydrogen-bond acceptors (Lipinski definition) is 10. The highest BCUT2D eigenvalue weighted by Crippen LogP contribution is 2.66. The van der Waals surface area contributed by atoms with Crippen molar-refractivity contribution in [2.24, 2.45) is 23.7 Å². The Balaban J connectivity index is 1.33. The molecule has 6 unspecified atom stereocenters. The molecule has 2 aliphatic heterocycles. The zero-order valence-electron chi connectivity index (χ0n) is 29.6. The summed E-state index contributed by atoms with van der Waals surface area (Å²) in [6.45, 7) is 1.93. The summed E-state index contributed by atoms with van der Waals surface area (Å²) in [6.07, 6.45) is 2.06. The molecule has 4 aromatic carbocycles. The average Bonchev–Trinajstić information content (AvgIpc) is 3.56. The SMILES string of the molecule is COc1cc(O)c(C2C3=CCC4C(=O)N(c5ccc([N+](=O)[O-])cc5)C(=O)C4C3CC3C(=O)N(Nc4ccc(C)cc4)C(=O)C32c2ccccc2)c(OC)c1. The number of hydrogen-bond donors (Lipinski definition) is 2. The van der Waals surface area contributed by atoms with Crippen LogP contribution in [-0.4, -0.2) is 52.9 Å². The van der Waals surface area contributed by atoms with Crippen molar-refractivity contribution in [1.82, 2.24) is 5.01 Å². The number of carbonyl (C=O) groups excluding carboxylic acids is 4. The van der Waals surface area contributed by atoms with Gasteiger partial charge in [0.1, 0.15) is 17.2 Å². The number of phenolic OH excluding ortho intramolecular Hbond substituents is 1. The molecule has 4 aromatic rings. The minimum atomic E-state index is -1.63. The van der Waals surface area contributed by atoms with Crippen LogP contribution in [0, 0.1) is 40.7 Å². The van der Waals surface area contributed by atoms with Crippen LogP contribution in [-0.2, 0) is 24.6 Å². The number of rotatable bonds is 8. The summed E-state index contributed by atoms with van der Waals surface area (Å²) >= 11 is 0. The summed E-state index contributed by atoms with van der Waals surface area (Å²) in [5.41, 5.74) is 4.34. The van der Waals surface area contributed by atoms with E-state index in [9.17, 15) is 29.6 Å². The number of aromatic hydroxyl groups is 1. The Hall–Kier alpha value is -6.50. The first-order valence-electron chi connectivity index (χ1n) is 17.6. The Morgan fingerprint density at radius 2 is 1.57 bits per heavy atom. The monoisotopic (exact) mass is 728 g/mol. The summed E-state index contributed by atoms with van der Waals surface area (Å²) in [4.78, 5) is 70.7. The molecule has 4 aliphatic rings. The van der Waals surface area contributed by atoms with Gasteiger partial charge in [0.15, 0.2) is 0 Å². The lowest BCUT2D eigenvalue weighted by molar-refractivity contribution is -0.384. The van der Waals surface area contributed by atoms with Gasteiger partial charge in [0.2, 0.25) is 11.8 Å². The maximum Gasteiger partial charge on any atom is 0.269 e. The van der Waals surface area contributed by atoms with Crippen molar-refractivity contribution in [2.45, 2.75) is 31.1 Å². The van der Waals surface area contributed by atoms with Crippen LogP contribution < -0.4 is 19.8 Å². The largest absolute Gasteiger partial charge is 0.507 e. The van der Waals surface area contributed by atoms with E-state index in [0.717, 1.165) is 15.5 Å². The lowest BCUT2D eigenvalue weighted by Gasteiger charge is -2.50. The zero-order chi connectivity index (χ0) is 38.1. The number of nitrogens with one attached hydrogen (secondary N) is 1. The highest BCUT2D eigenvalue weighted by atomic mass is 16.6. The van der Waals surface area contributed by atoms with Crippen LogP contribution in [0.15, 0.2) is 103 Å². The van der Waals surface area contributed by atoms with E-state index < -0.39 is 63.6 Å². The smallest absolute Gasteiger partial charge is 0.269 e. The Kier molecular flexibility index (Phi) is 8.24. The Labute approximate surface area is 309 Å². The fourth-order valence-corrected chi connectivity index (χ4v) is 9.20. The van der Waals surface area contributed by atoms with E-state index in [1.54, 1.807) is 42.5 Å². The number of hydrazine groups is 1. The number of benzene rings is 4. The van der Waals surface area contributed by atoms with Crippen molar-refractivity contribution in [2.75, 3.05) is 24.5 Å². The van der Waals surface area contributed by atoms with E-state index in [0.29, 0.717) is 22.6 Å². The number of aryl methyl sites for hydroxylation is 1. The van der Waals surface area contributed by atoms with Gasteiger partial charge in [-0.25, -0.2) is 0 Å². The third-order valence-corrected chi connectivity index (χ3v) is 11.5. The molecule has 0 bridgehead atoms. The van der Waals surface area contributed by atoms with Gasteiger partial charge < -0.3 is 14.6 Å². The number of allylic oxidation sites excluding steroid dienone is 2. The quantitative estimate of drug-likeness (QED) is 0.0977. The van der Waals surface area contributed by atoms with E-state index in [2.05, 4.69) is 5.43 Å².